The third-order valence-electron chi connectivity index (χ3n) is 5.36. The minimum atomic E-state index is -0.136. The van der Waals surface area contributed by atoms with Gasteiger partial charge in [-0.1, -0.05) is 36.6 Å². The monoisotopic (exact) mass is 488 g/mol. The van der Waals surface area contributed by atoms with Crippen LogP contribution in [0, 0.1) is 6.92 Å². The quantitative estimate of drug-likeness (QED) is 0.596. The molecule has 0 unspecified atom stereocenters. The summed E-state index contributed by atoms with van der Waals surface area (Å²) in [5.41, 5.74) is 1.44. The third kappa shape index (κ3) is 5.75. The highest BCUT2D eigenvalue weighted by Gasteiger charge is 2.31. The van der Waals surface area contributed by atoms with Gasteiger partial charge in [-0.3, -0.25) is 14.4 Å². The number of hydrogen-bond acceptors (Lipinski definition) is 7. The second-order valence-corrected chi connectivity index (χ2v) is 10.0. The summed E-state index contributed by atoms with van der Waals surface area (Å²) < 4.78 is 6.42. The molecule has 3 amide bonds. The fourth-order valence-corrected chi connectivity index (χ4v) is 5.49. The van der Waals surface area contributed by atoms with Gasteiger partial charge in [0.25, 0.3) is 5.91 Å². The van der Waals surface area contributed by atoms with Crippen molar-refractivity contribution in [1.82, 2.24) is 14.8 Å². The maximum absolute atomic E-state index is 13.5. The number of anilines is 1. The summed E-state index contributed by atoms with van der Waals surface area (Å²) in [7, 11) is 1.55. The van der Waals surface area contributed by atoms with E-state index in [2.05, 4.69) is 16.9 Å². The number of methoxy groups -OCH3 is 1. The summed E-state index contributed by atoms with van der Waals surface area (Å²) >= 11 is 2.88. The van der Waals surface area contributed by atoms with E-state index in [0.29, 0.717) is 42.5 Å². The van der Waals surface area contributed by atoms with Crippen LogP contribution in [0.1, 0.15) is 36.2 Å². The van der Waals surface area contributed by atoms with Gasteiger partial charge in [0, 0.05) is 37.0 Å². The standard InChI is InChI=1S/C23H28N4O4S2/c1-6-19(28)25-23-24-12-21(33-23)32-18-11-16(17(31-5)10-14(18)3)22(30)27-9-8-26(13-15(27)4)20(29)7-2/h7,10-12,15H,2,6,8-9,13H2,1,3-5H3,(H,24,25,28)/t15-/m0/s1. The second-order valence-electron chi connectivity index (χ2n) is 7.64. The summed E-state index contributed by atoms with van der Waals surface area (Å²) in [5, 5.41) is 3.31. The lowest BCUT2D eigenvalue weighted by Crippen LogP contribution is -2.55. The number of thiazole rings is 1. The number of benzene rings is 1. The van der Waals surface area contributed by atoms with Crippen molar-refractivity contribution in [2.75, 3.05) is 32.1 Å². The summed E-state index contributed by atoms with van der Waals surface area (Å²) in [5.74, 6) is 0.170. The number of carbonyl (C=O) groups is 3. The van der Waals surface area contributed by atoms with E-state index in [1.54, 1.807) is 30.0 Å². The third-order valence-corrected chi connectivity index (χ3v) is 7.54. The number of nitrogens with zero attached hydrogens (tertiary/aromatic N) is 3. The molecule has 8 nitrogen and oxygen atoms in total. The van der Waals surface area contributed by atoms with Gasteiger partial charge in [-0.25, -0.2) is 4.98 Å². The molecule has 1 aromatic carbocycles. The Morgan fingerprint density at radius 1 is 1.36 bits per heavy atom. The molecule has 3 rings (SSSR count). The molecule has 1 atom stereocenters. The Hall–Kier alpha value is -2.85. The van der Waals surface area contributed by atoms with E-state index in [4.69, 9.17) is 4.74 Å². The normalized spacial score (nSPS) is 15.8. The molecule has 0 bridgehead atoms. The first-order valence-corrected chi connectivity index (χ1v) is 12.2. The van der Waals surface area contributed by atoms with Crippen LogP contribution in [0.3, 0.4) is 0 Å². The van der Waals surface area contributed by atoms with Crippen molar-refractivity contribution in [2.24, 2.45) is 0 Å². The Morgan fingerprint density at radius 3 is 2.76 bits per heavy atom. The maximum atomic E-state index is 13.5. The van der Waals surface area contributed by atoms with Gasteiger partial charge >= 0.3 is 0 Å². The molecule has 1 aromatic heterocycles. The lowest BCUT2D eigenvalue weighted by Gasteiger charge is -2.39. The van der Waals surface area contributed by atoms with Gasteiger partial charge in [0.2, 0.25) is 11.8 Å². The molecule has 0 spiro atoms. The zero-order chi connectivity index (χ0) is 24.1. The topological polar surface area (TPSA) is 91.8 Å². The minimum Gasteiger partial charge on any atom is -0.496 e. The van der Waals surface area contributed by atoms with Gasteiger partial charge in [-0.2, -0.15) is 0 Å². The van der Waals surface area contributed by atoms with E-state index in [9.17, 15) is 14.4 Å². The molecule has 0 saturated carbocycles. The van der Waals surface area contributed by atoms with Crippen LogP contribution in [0.15, 0.2) is 40.1 Å². The Labute approximate surface area is 202 Å². The SMILES string of the molecule is C=CC(=O)N1CCN(C(=O)c2cc(Sc3cnc(NC(=O)CC)s3)c(C)cc2OC)[C@@H](C)C1. The van der Waals surface area contributed by atoms with Crippen LogP contribution in [0.4, 0.5) is 5.13 Å². The molecule has 1 saturated heterocycles. The van der Waals surface area contributed by atoms with E-state index < -0.39 is 0 Å². The lowest BCUT2D eigenvalue weighted by molar-refractivity contribution is -0.128. The van der Waals surface area contributed by atoms with E-state index in [1.807, 2.05) is 26.0 Å². The number of carbonyl (C=O) groups excluding carboxylic acids is 3. The van der Waals surface area contributed by atoms with Crippen LogP contribution in [0.25, 0.3) is 0 Å². The van der Waals surface area contributed by atoms with Crippen molar-refractivity contribution in [3.8, 4) is 5.75 Å². The maximum Gasteiger partial charge on any atom is 0.258 e. The van der Waals surface area contributed by atoms with Crippen molar-refractivity contribution < 1.29 is 19.1 Å². The average molecular weight is 489 g/mol. The van der Waals surface area contributed by atoms with Crippen LogP contribution in [0.5, 0.6) is 5.75 Å². The molecular weight excluding hydrogens is 460 g/mol. The molecule has 1 aliphatic rings. The Morgan fingerprint density at radius 2 is 2.12 bits per heavy atom. The smallest absolute Gasteiger partial charge is 0.258 e. The summed E-state index contributed by atoms with van der Waals surface area (Å²) in [6.07, 6.45) is 3.40. The molecular formula is C23H28N4O4S2. The fraction of sp³-hybridized carbons (Fsp3) is 0.391. The molecule has 1 N–H and O–H groups in total. The molecule has 2 heterocycles. The molecule has 176 valence electrons. The van der Waals surface area contributed by atoms with Gasteiger partial charge in [0.05, 0.1) is 23.1 Å². The van der Waals surface area contributed by atoms with Crippen molar-refractivity contribution in [3.05, 3.63) is 42.1 Å². The Balaban J connectivity index is 1.82. The van der Waals surface area contributed by atoms with Gasteiger partial charge < -0.3 is 19.9 Å². The number of piperazine rings is 1. The van der Waals surface area contributed by atoms with Gasteiger partial charge in [0.1, 0.15) is 5.75 Å². The number of aryl methyl sites for hydroxylation is 1. The van der Waals surface area contributed by atoms with Crippen molar-refractivity contribution >= 4 is 46.0 Å². The number of aromatic nitrogens is 1. The first-order chi connectivity index (χ1) is 15.8. The minimum absolute atomic E-state index is 0.0848. The van der Waals surface area contributed by atoms with Crippen molar-refractivity contribution in [3.63, 3.8) is 0 Å². The molecule has 0 radical (unpaired) electrons. The summed E-state index contributed by atoms with van der Waals surface area (Å²) in [4.78, 5) is 45.7. The van der Waals surface area contributed by atoms with Crippen LogP contribution in [-0.2, 0) is 9.59 Å². The van der Waals surface area contributed by atoms with Gasteiger partial charge in [0.15, 0.2) is 5.13 Å². The van der Waals surface area contributed by atoms with Crippen LogP contribution in [-0.4, -0.2) is 65.3 Å². The number of hydrogen-bond donors (Lipinski definition) is 1. The Bertz CT molecular complexity index is 1070. The first-order valence-electron chi connectivity index (χ1n) is 10.6. The van der Waals surface area contributed by atoms with Crippen LogP contribution >= 0.6 is 23.1 Å². The number of nitrogens with one attached hydrogen (secondary N) is 1. The lowest BCUT2D eigenvalue weighted by atomic mass is 10.1. The van der Waals surface area contributed by atoms with E-state index in [1.165, 1.54) is 29.2 Å². The predicted molar refractivity (Wildman–Crippen MR) is 130 cm³/mol. The fourth-order valence-electron chi connectivity index (χ4n) is 3.53. The zero-order valence-electron chi connectivity index (χ0n) is 19.2. The molecule has 0 aliphatic carbocycles. The molecule has 1 aliphatic heterocycles. The van der Waals surface area contributed by atoms with Crippen molar-refractivity contribution in [1.29, 1.82) is 0 Å². The average Bonchev–Trinajstić information content (AvgIpc) is 3.25. The molecule has 33 heavy (non-hydrogen) atoms. The van der Waals surface area contributed by atoms with Gasteiger partial charge in [-0.15, -0.1) is 0 Å². The zero-order valence-corrected chi connectivity index (χ0v) is 20.8. The highest BCUT2D eigenvalue weighted by atomic mass is 32.2. The second kappa shape index (κ2) is 10.8. The number of rotatable bonds is 7. The van der Waals surface area contributed by atoms with Crippen LogP contribution in [0.2, 0.25) is 0 Å². The van der Waals surface area contributed by atoms with Crippen LogP contribution < -0.4 is 10.1 Å². The summed E-state index contributed by atoms with van der Waals surface area (Å²) in [6.45, 7) is 10.6. The number of ether oxygens (including phenoxy) is 1. The van der Waals surface area contributed by atoms with E-state index in [0.717, 1.165) is 14.7 Å². The van der Waals surface area contributed by atoms with Crippen molar-refractivity contribution in [2.45, 2.75) is 42.3 Å². The summed E-state index contributed by atoms with van der Waals surface area (Å²) in [6, 6.07) is 3.57. The highest BCUT2D eigenvalue weighted by Crippen LogP contribution is 2.38. The van der Waals surface area contributed by atoms with E-state index in [-0.39, 0.29) is 23.8 Å². The number of amides is 3. The molecule has 2 aromatic rings. The van der Waals surface area contributed by atoms with Gasteiger partial charge in [-0.05, 0) is 37.6 Å². The Kier molecular flexibility index (Phi) is 8.15. The first kappa shape index (κ1) is 24.8. The van der Waals surface area contributed by atoms with E-state index >= 15 is 0 Å². The molecule has 1 fully saturated rings. The molecule has 10 heteroatoms. The predicted octanol–water partition coefficient (Wildman–Crippen LogP) is 3.82. The highest BCUT2D eigenvalue weighted by molar-refractivity contribution is 8.01. The largest absolute Gasteiger partial charge is 0.496 e.